The van der Waals surface area contributed by atoms with Gasteiger partial charge in [0.2, 0.25) is 0 Å². The minimum absolute atomic E-state index is 0.192. The Morgan fingerprint density at radius 1 is 1.16 bits per heavy atom. The van der Waals surface area contributed by atoms with Crippen LogP contribution in [0.5, 0.6) is 5.75 Å². The van der Waals surface area contributed by atoms with Crippen molar-refractivity contribution >= 4 is 17.0 Å². The highest BCUT2D eigenvalue weighted by Gasteiger charge is 2.38. The van der Waals surface area contributed by atoms with Crippen molar-refractivity contribution in [3.63, 3.8) is 0 Å². The summed E-state index contributed by atoms with van der Waals surface area (Å²) in [5.41, 5.74) is -2.28. The molecule has 0 bridgehead atoms. The topological polar surface area (TPSA) is 40.5 Å². The molecule has 0 aliphatic rings. The van der Waals surface area contributed by atoms with Crippen molar-refractivity contribution in [2.45, 2.75) is 52.5 Å². The standard InChI is InChI=1S/C17H19F4NO3/c1-9(2)24-15(23)22-11-6-7-12(25-16(3,4)5)14(18)10(11)8-13(22)17(19,20)21/h6-9H,1-5H3. The maximum atomic E-state index is 14.6. The zero-order chi connectivity index (χ0) is 19.2. The summed E-state index contributed by atoms with van der Waals surface area (Å²) in [6, 6.07) is 2.99. The summed E-state index contributed by atoms with van der Waals surface area (Å²) in [6.45, 7) is 8.06. The van der Waals surface area contributed by atoms with Gasteiger partial charge in [0.15, 0.2) is 11.6 Å². The Bertz CT molecular complexity index is 801. The lowest BCUT2D eigenvalue weighted by Crippen LogP contribution is -2.24. The summed E-state index contributed by atoms with van der Waals surface area (Å²) >= 11 is 0. The molecular weight excluding hydrogens is 342 g/mol. The molecule has 0 unspecified atom stereocenters. The molecule has 2 aromatic rings. The van der Waals surface area contributed by atoms with Crippen LogP contribution in [-0.4, -0.2) is 22.4 Å². The second kappa shape index (κ2) is 6.24. The van der Waals surface area contributed by atoms with Crippen LogP contribution in [0, 0.1) is 5.82 Å². The lowest BCUT2D eigenvalue weighted by atomic mass is 10.1. The number of benzene rings is 1. The van der Waals surface area contributed by atoms with Gasteiger partial charge in [-0.3, -0.25) is 0 Å². The Labute approximate surface area is 142 Å². The van der Waals surface area contributed by atoms with Gasteiger partial charge in [0.05, 0.1) is 11.6 Å². The Balaban J connectivity index is 2.70. The van der Waals surface area contributed by atoms with Crippen LogP contribution in [0.1, 0.15) is 40.3 Å². The van der Waals surface area contributed by atoms with Crippen molar-refractivity contribution in [2.24, 2.45) is 0 Å². The Morgan fingerprint density at radius 3 is 2.24 bits per heavy atom. The van der Waals surface area contributed by atoms with Crippen LogP contribution in [0.4, 0.5) is 22.4 Å². The number of aromatic nitrogens is 1. The van der Waals surface area contributed by atoms with Crippen LogP contribution in [-0.2, 0) is 10.9 Å². The number of fused-ring (bicyclic) bond motifs is 1. The van der Waals surface area contributed by atoms with Crippen molar-refractivity contribution in [3.05, 3.63) is 29.7 Å². The highest BCUT2D eigenvalue weighted by atomic mass is 19.4. The zero-order valence-corrected chi connectivity index (χ0v) is 14.5. The normalized spacial score (nSPS) is 12.7. The monoisotopic (exact) mass is 361 g/mol. The van der Waals surface area contributed by atoms with E-state index in [-0.39, 0.29) is 16.7 Å². The fraction of sp³-hybridized carbons (Fsp3) is 0.471. The third kappa shape index (κ3) is 4.05. The van der Waals surface area contributed by atoms with E-state index in [1.165, 1.54) is 26.0 Å². The molecule has 0 atom stereocenters. The molecule has 0 radical (unpaired) electrons. The molecule has 0 fully saturated rings. The van der Waals surface area contributed by atoms with Crippen molar-refractivity contribution in [1.29, 1.82) is 0 Å². The van der Waals surface area contributed by atoms with Gasteiger partial charge in [-0.25, -0.2) is 13.8 Å². The average Bonchev–Trinajstić information content (AvgIpc) is 2.80. The third-order valence-electron chi connectivity index (χ3n) is 3.11. The zero-order valence-electron chi connectivity index (χ0n) is 14.5. The molecule has 0 amide bonds. The molecule has 25 heavy (non-hydrogen) atoms. The van der Waals surface area contributed by atoms with Gasteiger partial charge < -0.3 is 9.47 Å². The summed E-state index contributed by atoms with van der Waals surface area (Å²) in [7, 11) is 0. The summed E-state index contributed by atoms with van der Waals surface area (Å²) in [4.78, 5) is 12.1. The van der Waals surface area contributed by atoms with Crippen molar-refractivity contribution in [2.75, 3.05) is 0 Å². The van der Waals surface area contributed by atoms with E-state index < -0.39 is 35.5 Å². The highest BCUT2D eigenvalue weighted by molar-refractivity contribution is 5.92. The number of rotatable bonds is 2. The molecule has 0 spiro atoms. The SMILES string of the molecule is CC(C)OC(=O)n1c(C(F)(F)F)cc2c(F)c(OC(C)(C)C)ccc21. The van der Waals surface area contributed by atoms with Crippen LogP contribution >= 0.6 is 0 Å². The number of alkyl halides is 3. The summed E-state index contributed by atoms with van der Waals surface area (Å²) in [5, 5.41) is -0.366. The number of ether oxygens (including phenoxy) is 2. The van der Waals surface area contributed by atoms with Gasteiger partial charge in [0, 0.05) is 5.39 Å². The minimum atomic E-state index is -4.85. The predicted octanol–water partition coefficient (Wildman–Crippen LogP) is 5.37. The number of carbonyl (C=O) groups excluding carboxylic acids is 1. The number of hydrogen-bond donors (Lipinski definition) is 0. The van der Waals surface area contributed by atoms with Gasteiger partial charge in [-0.1, -0.05) is 0 Å². The molecule has 8 heteroatoms. The summed E-state index contributed by atoms with van der Waals surface area (Å²) in [6.07, 6.45) is -6.70. The van der Waals surface area contributed by atoms with Crippen LogP contribution < -0.4 is 4.74 Å². The first-order valence-electron chi connectivity index (χ1n) is 7.62. The molecule has 1 aromatic carbocycles. The van der Waals surface area contributed by atoms with Crippen molar-refractivity contribution in [3.8, 4) is 5.75 Å². The maximum absolute atomic E-state index is 14.6. The Kier molecular flexibility index (Phi) is 4.76. The molecule has 2 rings (SSSR count). The largest absolute Gasteiger partial charge is 0.485 e. The van der Waals surface area contributed by atoms with Gasteiger partial charge in [-0.15, -0.1) is 0 Å². The van der Waals surface area contributed by atoms with Gasteiger partial charge in [0.1, 0.15) is 11.3 Å². The first-order valence-corrected chi connectivity index (χ1v) is 7.62. The van der Waals surface area contributed by atoms with Crippen LogP contribution in [0.15, 0.2) is 18.2 Å². The molecular formula is C17H19F4NO3. The second-order valence-corrected chi connectivity index (χ2v) is 6.82. The molecule has 0 saturated heterocycles. The molecule has 0 saturated carbocycles. The lowest BCUT2D eigenvalue weighted by Gasteiger charge is -2.21. The van der Waals surface area contributed by atoms with Gasteiger partial charge >= 0.3 is 12.3 Å². The smallest absolute Gasteiger partial charge is 0.432 e. The van der Waals surface area contributed by atoms with E-state index in [1.807, 2.05) is 0 Å². The van der Waals surface area contributed by atoms with E-state index in [9.17, 15) is 22.4 Å². The van der Waals surface area contributed by atoms with Crippen LogP contribution in [0.2, 0.25) is 0 Å². The van der Waals surface area contributed by atoms with Crippen molar-refractivity contribution < 1.29 is 31.8 Å². The third-order valence-corrected chi connectivity index (χ3v) is 3.11. The molecule has 1 heterocycles. The quantitative estimate of drug-likeness (QED) is 0.675. The lowest BCUT2D eigenvalue weighted by molar-refractivity contribution is -0.142. The summed E-state index contributed by atoms with van der Waals surface area (Å²) in [5.74, 6) is -1.16. The predicted molar refractivity (Wildman–Crippen MR) is 84.3 cm³/mol. The molecule has 0 aliphatic heterocycles. The molecule has 4 nitrogen and oxygen atoms in total. The number of hydrogen-bond acceptors (Lipinski definition) is 3. The molecule has 138 valence electrons. The minimum Gasteiger partial charge on any atom is -0.485 e. The van der Waals surface area contributed by atoms with Crippen molar-refractivity contribution in [1.82, 2.24) is 4.57 Å². The van der Waals surface area contributed by atoms with E-state index in [0.717, 1.165) is 0 Å². The maximum Gasteiger partial charge on any atom is 0.432 e. The molecule has 0 N–H and O–H groups in total. The Morgan fingerprint density at radius 2 is 1.76 bits per heavy atom. The molecule has 1 aromatic heterocycles. The van der Waals surface area contributed by atoms with Gasteiger partial charge in [-0.2, -0.15) is 13.2 Å². The van der Waals surface area contributed by atoms with E-state index >= 15 is 0 Å². The molecule has 0 aliphatic carbocycles. The number of carbonyl (C=O) groups is 1. The highest BCUT2D eigenvalue weighted by Crippen LogP contribution is 2.37. The second-order valence-electron chi connectivity index (χ2n) is 6.82. The van der Waals surface area contributed by atoms with Crippen LogP contribution in [0.3, 0.4) is 0 Å². The first kappa shape index (κ1) is 19.1. The number of nitrogens with zero attached hydrogens (tertiary/aromatic N) is 1. The van der Waals surface area contributed by atoms with E-state index in [1.54, 1.807) is 20.8 Å². The first-order chi connectivity index (χ1) is 11.3. The van der Waals surface area contributed by atoms with E-state index in [0.29, 0.717) is 10.6 Å². The van der Waals surface area contributed by atoms with E-state index in [2.05, 4.69) is 0 Å². The van der Waals surface area contributed by atoms with Gasteiger partial charge in [0.25, 0.3) is 0 Å². The number of halogens is 4. The fourth-order valence-corrected chi connectivity index (χ4v) is 2.29. The summed E-state index contributed by atoms with van der Waals surface area (Å²) < 4.78 is 65.2. The average molecular weight is 361 g/mol. The van der Waals surface area contributed by atoms with E-state index in [4.69, 9.17) is 9.47 Å². The Hall–Kier alpha value is -2.25. The fourth-order valence-electron chi connectivity index (χ4n) is 2.29. The van der Waals surface area contributed by atoms with Crippen LogP contribution in [0.25, 0.3) is 10.9 Å². The van der Waals surface area contributed by atoms with Gasteiger partial charge in [-0.05, 0) is 52.8 Å².